The zero-order chi connectivity index (χ0) is 15.0. The molecule has 0 saturated carbocycles. The van der Waals surface area contributed by atoms with E-state index in [-0.39, 0.29) is 5.41 Å². The van der Waals surface area contributed by atoms with E-state index in [2.05, 4.69) is 67.6 Å². The number of rotatable bonds is 3. The van der Waals surface area contributed by atoms with Crippen LogP contribution in [0.5, 0.6) is 0 Å². The van der Waals surface area contributed by atoms with Gasteiger partial charge in [0.2, 0.25) is 0 Å². The normalized spacial score (nSPS) is 13.7. The minimum atomic E-state index is 0.222. The molecular weight excluding hydrogens is 230 g/mol. The zero-order valence-electron chi connectivity index (χ0n) is 14.3. The lowest BCUT2D eigenvalue weighted by molar-refractivity contribution is 0.275. The molecule has 108 valence electrons. The van der Waals surface area contributed by atoms with Gasteiger partial charge in [-0.15, -0.1) is 0 Å². The van der Waals surface area contributed by atoms with Gasteiger partial charge in [-0.2, -0.15) is 0 Å². The first kappa shape index (κ1) is 16.2. The summed E-state index contributed by atoms with van der Waals surface area (Å²) in [6.45, 7) is 21.5. The van der Waals surface area contributed by atoms with Crippen LogP contribution >= 0.6 is 0 Å². The molecule has 19 heavy (non-hydrogen) atoms. The van der Waals surface area contributed by atoms with Crippen molar-refractivity contribution in [2.45, 2.75) is 68.4 Å². The molecule has 1 nitrogen and oxygen atoms in total. The lowest BCUT2D eigenvalue weighted by atomic mass is 9.76. The largest absolute Gasteiger partial charge is 0.310 e. The molecule has 0 aliphatic rings. The summed E-state index contributed by atoms with van der Waals surface area (Å²) in [6.07, 6.45) is 0. The minimum Gasteiger partial charge on any atom is -0.310 e. The molecule has 0 amide bonds. The standard InChI is InChI=1S/C18H31N/c1-10-19-17(18(7,8)9)16-14(5)12(3)11(2)13(4)15(16)6/h17,19H,10H2,1-9H3. The van der Waals surface area contributed by atoms with E-state index in [0.717, 1.165) is 6.54 Å². The smallest absolute Gasteiger partial charge is 0.0374 e. The van der Waals surface area contributed by atoms with Gasteiger partial charge in [-0.1, -0.05) is 27.7 Å². The van der Waals surface area contributed by atoms with E-state index in [4.69, 9.17) is 0 Å². The summed E-state index contributed by atoms with van der Waals surface area (Å²) in [5.41, 5.74) is 9.00. The first-order valence-electron chi connectivity index (χ1n) is 7.43. The molecule has 0 aromatic heterocycles. The Balaban J connectivity index is 3.56. The van der Waals surface area contributed by atoms with E-state index in [1.54, 1.807) is 0 Å². The summed E-state index contributed by atoms with van der Waals surface area (Å²) < 4.78 is 0. The van der Waals surface area contributed by atoms with Crippen LogP contribution in [0, 0.1) is 40.0 Å². The van der Waals surface area contributed by atoms with Gasteiger partial charge < -0.3 is 5.32 Å². The lowest BCUT2D eigenvalue weighted by Gasteiger charge is -2.35. The molecule has 0 spiro atoms. The molecule has 1 aromatic rings. The van der Waals surface area contributed by atoms with E-state index < -0.39 is 0 Å². The Morgan fingerprint density at radius 2 is 1.16 bits per heavy atom. The van der Waals surface area contributed by atoms with Crippen LogP contribution in [0.2, 0.25) is 0 Å². The van der Waals surface area contributed by atoms with E-state index in [1.165, 1.54) is 33.4 Å². The van der Waals surface area contributed by atoms with Crippen molar-refractivity contribution < 1.29 is 0 Å². The first-order valence-corrected chi connectivity index (χ1v) is 7.43. The van der Waals surface area contributed by atoms with Gasteiger partial charge in [-0.05, 0) is 80.0 Å². The van der Waals surface area contributed by atoms with Crippen molar-refractivity contribution in [1.82, 2.24) is 5.32 Å². The second-order valence-electron chi connectivity index (χ2n) is 6.90. The van der Waals surface area contributed by atoms with Crippen molar-refractivity contribution in [3.05, 3.63) is 33.4 Å². The van der Waals surface area contributed by atoms with Crippen LogP contribution in [0.25, 0.3) is 0 Å². The fraction of sp³-hybridized carbons (Fsp3) is 0.667. The minimum absolute atomic E-state index is 0.222. The second kappa shape index (κ2) is 5.66. The summed E-state index contributed by atoms with van der Waals surface area (Å²) in [7, 11) is 0. The highest BCUT2D eigenvalue weighted by molar-refractivity contribution is 5.51. The van der Waals surface area contributed by atoms with E-state index in [1.807, 2.05) is 0 Å². The molecule has 0 saturated heterocycles. The van der Waals surface area contributed by atoms with Crippen LogP contribution in [0.15, 0.2) is 0 Å². The summed E-state index contributed by atoms with van der Waals surface area (Å²) in [5.74, 6) is 0. The molecule has 1 unspecified atom stereocenters. The number of nitrogens with one attached hydrogen (secondary N) is 1. The number of benzene rings is 1. The summed E-state index contributed by atoms with van der Waals surface area (Å²) >= 11 is 0. The van der Waals surface area contributed by atoms with E-state index in [0.29, 0.717) is 6.04 Å². The predicted molar refractivity (Wildman–Crippen MR) is 86.0 cm³/mol. The monoisotopic (exact) mass is 261 g/mol. The fourth-order valence-corrected chi connectivity index (χ4v) is 3.01. The van der Waals surface area contributed by atoms with Crippen LogP contribution in [0.3, 0.4) is 0 Å². The number of hydrogen-bond acceptors (Lipinski definition) is 1. The van der Waals surface area contributed by atoms with Gasteiger partial charge in [-0.25, -0.2) is 0 Å². The van der Waals surface area contributed by atoms with Crippen molar-refractivity contribution in [1.29, 1.82) is 0 Å². The molecule has 0 aliphatic heterocycles. The predicted octanol–water partition coefficient (Wildman–Crippen LogP) is 4.93. The molecule has 0 heterocycles. The highest BCUT2D eigenvalue weighted by atomic mass is 14.9. The van der Waals surface area contributed by atoms with Crippen molar-refractivity contribution in [3.63, 3.8) is 0 Å². The van der Waals surface area contributed by atoms with E-state index in [9.17, 15) is 0 Å². The first-order chi connectivity index (χ1) is 8.62. The third kappa shape index (κ3) is 3.02. The number of hydrogen-bond donors (Lipinski definition) is 1. The van der Waals surface area contributed by atoms with Crippen molar-refractivity contribution >= 4 is 0 Å². The highest BCUT2D eigenvalue weighted by Gasteiger charge is 2.29. The summed E-state index contributed by atoms with van der Waals surface area (Å²) in [6, 6.07) is 0.412. The molecule has 0 bridgehead atoms. The van der Waals surface area contributed by atoms with E-state index >= 15 is 0 Å². The maximum atomic E-state index is 3.69. The molecule has 1 rings (SSSR count). The Labute approximate surface area is 119 Å². The Hall–Kier alpha value is -0.820. The fourth-order valence-electron chi connectivity index (χ4n) is 3.01. The van der Waals surface area contributed by atoms with Gasteiger partial charge in [0.15, 0.2) is 0 Å². The zero-order valence-corrected chi connectivity index (χ0v) is 14.3. The van der Waals surface area contributed by atoms with Crippen LogP contribution in [-0.2, 0) is 0 Å². The molecule has 1 N–H and O–H groups in total. The third-order valence-corrected chi connectivity index (χ3v) is 4.62. The van der Waals surface area contributed by atoms with Gasteiger partial charge in [0.05, 0.1) is 0 Å². The van der Waals surface area contributed by atoms with Gasteiger partial charge in [0, 0.05) is 6.04 Å². The van der Waals surface area contributed by atoms with Crippen LogP contribution in [-0.4, -0.2) is 6.54 Å². The maximum absolute atomic E-state index is 3.69. The van der Waals surface area contributed by atoms with Gasteiger partial charge in [0.25, 0.3) is 0 Å². The van der Waals surface area contributed by atoms with Crippen molar-refractivity contribution in [3.8, 4) is 0 Å². The molecule has 0 radical (unpaired) electrons. The van der Waals surface area contributed by atoms with Gasteiger partial charge in [-0.3, -0.25) is 0 Å². The Morgan fingerprint density at radius 1 is 0.789 bits per heavy atom. The molecule has 1 aromatic carbocycles. The average molecular weight is 261 g/mol. The van der Waals surface area contributed by atoms with Gasteiger partial charge >= 0.3 is 0 Å². The second-order valence-corrected chi connectivity index (χ2v) is 6.90. The Kier molecular flexibility index (Phi) is 4.84. The molecule has 0 fully saturated rings. The Bertz CT molecular complexity index is 435. The van der Waals surface area contributed by atoms with Crippen molar-refractivity contribution in [2.75, 3.05) is 6.54 Å². The topological polar surface area (TPSA) is 12.0 Å². The quantitative estimate of drug-likeness (QED) is 0.814. The average Bonchev–Trinajstić information content (AvgIpc) is 2.32. The summed E-state index contributed by atoms with van der Waals surface area (Å²) in [4.78, 5) is 0. The Morgan fingerprint density at radius 3 is 1.47 bits per heavy atom. The van der Waals surface area contributed by atoms with Crippen LogP contribution in [0.1, 0.15) is 67.1 Å². The molecule has 1 heteroatoms. The molecule has 0 aliphatic carbocycles. The van der Waals surface area contributed by atoms with Crippen LogP contribution < -0.4 is 5.32 Å². The van der Waals surface area contributed by atoms with Gasteiger partial charge in [0.1, 0.15) is 0 Å². The lowest BCUT2D eigenvalue weighted by Crippen LogP contribution is -2.33. The molecule has 1 atom stereocenters. The summed E-state index contributed by atoms with van der Waals surface area (Å²) in [5, 5.41) is 3.69. The SMILES string of the molecule is CCNC(c1c(C)c(C)c(C)c(C)c1C)C(C)(C)C. The third-order valence-electron chi connectivity index (χ3n) is 4.62. The highest BCUT2D eigenvalue weighted by Crippen LogP contribution is 2.39. The van der Waals surface area contributed by atoms with Crippen LogP contribution in [0.4, 0.5) is 0 Å². The maximum Gasteiger partial charge on any atom is 0.0374 e. The molecular formula is C18H31N. The van der Waals surface area contributed by atoms with Crippen molar-refractivity contribution in [2.24, 2.45) is 5.41 Å².